The van der Waals surface area contributed by atoms with Crippen LogP contribution in [-0.4, -0.2) is 34.3 Å². The SMILES string of the molecule is CCCCC(CC)Cc1ccc(-c2ccc(C3=NC=C(c4cc5c(s4)-c4sc(C6=CN=C(c7ccc(-c8ccc(CC(CC)CCCC)s8)s7)C(=N)/C6=N\S)cc4C5(CC(CC)CCCC)CC(CC)CCCC)C(=N)C3=N)s2)s1. The Labute approximate surface area is 508 Å². The molecule has 0 aromatic carbocycles. The van der Waals surface area contributed by atoms with Crippen molar-refractivity contribution in [2.24, 2.45) is 38.1 Å². The number of nitrogens with zero attached hydrogens (tertiary/aromatic N) is 3. The molecule has 0 saturated heterocycles. The van der Waals surface area contributed by atoms with E-state index in [1.165, 1.54) is 140 Å². The van der Waals surface area contributed by atoms with E-state index in [0.717, 1.165) is 81.0 Å². The van der Waals surface area contributed by atoms with Crippen LogP contribution in [0.5, 0.6) is 0 Å². The van der Waals surface area contributed by atoms with Gasteiger partial charge in [0.25, 0.3) is 0 Å². The Morgan fingerprint density at radius 2 is 0.838 bits per heavy atom. The third-order valence-corrected chi connectivity index (χ3v) is 24.9. The maximum absolute atomic E-state index is 9.69. The van der Waals surface area contributed by atoms with E-state index < -0.39 is 0 Å². The largest absolute Gasteiger partial charge is 0.298 e. The normalized spacial score (nSPS) is 18.3. The zero-order valence-corrected chi connectivity index (χ0v) is 54.4. The number of hydrogen-bond donors (Lipinski definition) is 4. The second kappa shape index (κ2) is 28.1. The molecule has 0 fully saturated rings. The van der Waals surface area contributed by atoms with E-state index in [1.54, 1.807) is 45.3 Å². The monoisotopic (exact) mass is 1200 g/mol. The molecule has 0 spiro atoms. The number of thiol groups is 1. The highest BCUT2D eigenvalue weighted by Gasteiger charge is 2.49. The number of nitrogens with one attached hydrogen (secondary N) is 3. The van der Waals surface area contributed by atoms with Crippen molar-refractivity contribution in [2.75, 3.05) is 0 Å². The zero-order chi connectivity index (χ0) is 56.5. The Balaban J connectivity index is 1.07. The van der Waals surface area contributed by atoms with E-state index >= 15 is 0 Å². The van der Waals surface area contributed by atoms with Crippen molar-refractivity contribution in [3.05, 3.63) is 113 Å². The number of allylic oxidation sites excluding steroid dienone is 2. The van der Waals surface area contributed by atoms with E-state index in [1.807, 2.05) is 35.1 Å². The van der Waals surface area contributed by atoms with Gasteiger partial charge in [-0.3, -0.25) is 26.2 Å². The molecule has 0 amide bonds. The first-order valence-corrected chi connectivity index (χ1v) is 35.5. The Kier molecular flexibility index (Phi) is 21.3. The van der Waals surface area contributed by atoms with Crippen LogP contribution in [0.15, 0.2) is 87.4 Å². The standard InChI is InChI=1S/C67H84N6S7/c1-9-17-21-41(13-5)33-45-25-27-51(75-45)53-29-31-55(77-53)63-60(69)59(68)47(39-71-63)57-35-49-65(79-57)66-50(67(49,37-43(15-7)23-19-11-3)38-44(16-8)24-20-12-4)36-58(80-66)48-40-72-64(61(70)62(48)73-74)56-32-30-54(78-56)52-28-26-46(76-52)34-42(14-6)22-18-10-2/h25-32,35-36,39-44,68-70,74H,9-24,33-34,37-38H2,1-8H3/b68-59?,69-60?,70-61?,73-62-. The molecule has 8 heterocycles. The molecule has 9 rings (SSSR count). The van der Waals surface area contributed by atoms with Crippen LogP contribution in [0.3, 0.4) is 0 Å². The summed E-state index contributed by atoms with van der Waals surface area (Å²) in [6.07, 6.45) is 27.8. The van der Waals surface area contributed by atoms with E-state index in [9.17, 15) is 16.2 Å². The maximum Gasteiger partial charge on any atom is 0.108 e. The Hall–Kier alpha value is -3.95. The minimum absolute atomic E-state index is 0.183. The van der Waals surface area contributed by atoms with Gasteiger partial charge in [0.05, 0.1) is 15.5 Å². The van der Waals surface area contributed by atoms with Crippen LogP contribution in [0.25, 0.3) is 40.4 Å². The summed E-state index contributed by atoms with van der Waals surface area (Å²) in [5.41, 5.74) is 6.62. The van der Waals surface area contributed by atoms with Gasteiger partial charge in [-0.05, 0) is 134 Å². The number of fused-ring (bicyclic) bond motifs is 3. The first-order chi connectivity index (χ1) is 38.9. The van der Waals surface area contributed by atoms with Crippen LogP contribution in [0.2, 0.25) is 0 Å². The first kappa shape index (κ1) is 60.6. The van der Waals surface area contributed by atoms with Crippen molar-refractivity contribution >= 4 is 126 Å². The van der Waals surface area contributed by atoms with Gasteiger partial charge in [-0.1, -0.05) is 158 Å². The minimum Gasteiger partial charge on any atom is -0.298 e. The molecule has 6 aromatic rings. The van der Waals surface area contributed by atoms with Gasteiger partial charge < -0.3 is 0 Å². The predicted octanol–water partition coefficient (Wildman–Crippen LogP) is 22.4. The molecule has 4 atom stereocenters. The molecular weight excluding hydrogens is 1110 g/mol. The average molecular weight is 1200 g/mol. The molecule has 0 bridgehead atoms. The van der Waals surface area contributed by atoms with Crippen molar-refractivity contribution < 1.29 is 0 Å². The Bertz CT molecular complexity index is 3280. The van der Waals surface area contributed by atoms with E-state index in [-0.39, 0.29) is 16.8 Å². The molecule has 4 unspecified atom stereocenters. The van der Waals surface area contributed by atoms with Gasteiger partial charge in [0, 0.05) is 77.7 Å². The van der Waals surface area contributed by atoms with Gasteiger partial charge in [0.1, 0.15) is 28.6 Å². The molecule has 13 heteroatoms. The first-order valence-electron chi connectivity index (χ1n) is 30.2. The van der Waals surface area contributed by atoms with Crippen LogP contribution >= 0.6 is 80.8 Å². The highest BCUT2D eigenvalue weighted by atomic mass is 32.1. The van der Waals surface area contributed by atoms with Crippen molar-refractivity contribution in [1.82, 2.24) is 0 Å². The second-order valence-corrected chi connectivity index (χ2v) is 29.6. The Morgan fingerprint density at radius 3 is 1.27 bits per heavy atom. The summed E-state index contributed by atoms with van der Waals surface area (Å²) in [7, 11) is 0. The van der Waals surface area contributed by atoms with Gasteiger partial charge in [0.2, 0.25) is 0 Å². The summed E-state index contributed by atoms with van der Waals surface area (Å²) in [5, 5.41) is 28.9. The van der Waals surface area contributed by atoms with Crippen molar-refractivity contribution in [3.8, 4) is 29.3 Å². The molecule has 6 aromatic heterocycles. The quantitative estimate of drug-likeness (QED) is 0.0323. The van der Waals surface area contributed by atoms with Gasteiger partial charge in [-0.2, -0.15) is 0 Å². The number of aliphatic imine (C=N–C) groups is 2. The van der Waals surface area contributed by atoms with Crippen LogP contribution in [0.4, 0.5) is 0 Å². The van der Waals surface area contributed by atoms with Crippen molar-refractivity contribution in [3.63, 3.8) is 0 Å². The zero-order valence-electron chi connectivity index (χ0n) is 48.6. The molecule has 6 nitrogen and oxygen atoms in total. The summed E-state index contributed by atoms with van der Waals surface area (Å²) in [6.45, 7) is 18.6. The fraction of sp³-hybridized carbons (Fsp3) is 0.493. The number of unbranched alkanes of at least 4 members (excludes halogenated alkanes) is 4. The average Bonchev–Trinajstić information content (AvgIpc) is 4.52. The molecule has 3 N–H and O–H groups in total. The summed E-state index contributed by atoms with van der Waals surface area (Å²) in [4.78, 5) is 24.5. The number of thiophene rings is 6. The summed E-state index contributed by atoms with van der Waals surface area (Å²) >= 11 is 15.4. The maximum atomic E-state index is 9.69. The van der Waals surface area contributed by atoms with Crippen molar-refractivity contribution in [1.29, 1.82) is 16.2 Å². The topological polar surface area (TPSA) is 109 Å². The van der Waals surface area contributed by atoms with Crippen LogP contribution < -0.4 is 0 Å². The number of rotatable bonds is 30. The molecule has 424 valence electrons. The van der Waals surface area contributed by atoms with Crippen molar-refractivity contribution in [2.45, 2.75) is 189 Å². The second-order valence-electron chi connectivity index (χ2n) is 22.7. The van der Waals surface area contributed by atoms with E-state index in [0.29, 0.717) is 34.7 Å². The molecule has 3 aliphatic rings. The fourth-order valence-corrected chi connectivity index (χ4v) is 19.7. The number of hydrogen-bond acceptors (Lipinski definition) is 13. The van der Waals surface area contributed by atoms with Crippen LogP contribution in [-0.2, 0) is 18.3 Å². The van der Waals surface area contributed by atoms with Gasteiger partial charge in [-0.15, -0.1) is 68.0 Å². The van der Waals surface area contributed by atoms with Gasteiger partial charge >= 0.3 is 0 Å². The summed E-state index contributed by atoms with van der Waals surface area (Å²) < 4.78 is 4.58. The van der Waals surface area contributed by atoms with Gasteiger partial charge in [0.15, 0.2) is 0 Å². The molecule has 0 saturated carbocycles. The molecule has 1 aliphatic carbocycles. The lowest BCUT2D eigenvalue weighted by Gasteiger charge is -2.38. The van der Waals surface area contributed by atoms with Crippen LogP contribution in [0, 0.1) is 39.9 Å². The minimum atomic E-state index is -0.240. The third-order valence-electron chi connectivity index (χ3n) is 17.4. The molecule has 80 heavy (non-hydrogen) atoms. The molecular formula is C67H84N6S7. The lowest BCUT2D eigenvalue weighted by atomic mass is 9.65. The molecule has 0 radical (unpaired) electrons. The van der Waals surface area contributed by atoms with E-state index in [2.05, 4.69) is 133 Å². The van der Waals surface area contributed by atoms with Crippen LogP contribution in [0.1, 0.15) is 211 Å². The highest BCUT2D eigenvalue weighted by molar-refractivity contribution is 7.79. The lowest BCUT2D eigenvalue weighted by molar-refractivity contribution is 0.266. The summed E-state index contributed by atoms with van der Waals surface area (Å²) in [5.74, 6) is 2.55. The summed E-state index contributed by atoms with van der Waals surface area (Å²) in [6, 6.07) is 22.6. The van der Waals surface area contributed by atoms with Gasteiger partial charge in [-0.25, -0.2) is 4.40 Å². The third kappa shape index (κ3) is 13.0. The predicted molar refractivity (Wildman–Crippen MR) is 362 cm³/mol. The molecule has 2 aliphatic heterocycles. The Morgan fingerprint density at radius 1 is 0.450 bits per heavy atom. The van der Waals surface area contributed by atoms with E-state index in [4.69, 9.17) is 9.98 Å². The smallest absolute Gasteiger partial charge is 0.108 e. The highest BCUT2D eigenvalue weighted by Crippen LogP contribution is 2.62. The fourth-order valence-electron chi connectivity index (χ4n) is 12.4. The lowest BCUT2D eigenvalue weighted by Crippen LogP contribution is -2.31.